The number of carbonyl (C=O) groups is 2. The highest BCUT2D eigenvalue weighted by atomic mass is 19.4. The molecule has 0 bridgehead atoms. The minimum absolute atomic E-state index is 0.113. The number of hydrogen-bond acceptors (Lipinski definition) is 3. The third kappa shape index (κ3) is 3.07. The first-order valence-corrected chi connectivity index (χ1v) is 6.80. The van der Waals surface area contributed by atoms with Gasteiger partial charge in [-0.25, -0.2) is 0 Å². The lowest BCUT2D eigenvalue weighted by molar-refractivity contribution is -0.149. The van der Waals surface area contributed by atoms with E-state index < -0.39 is 18.1 Å². The van der Waals surface area contributed by atoms with Gasteiger partial charge in [0.05, 0.1) is 30.0 Å². The summed E-state index contributed by atoms with van der Waals surface area (Å²) >= 11 is 0. The van der Waals surface area contributed by atoms with Crippen molar-refractivity contribution in [3.63, 3.8) is 0 Å². The molecule has 0 saturated carbocycles. The molecule has 2 amide bonds. The van der Waals surface area contributed by atoms with Crippen molar-refractivity contribution in [1.29, 1.82) is 0 Å². The first-order valence-electron chi connectivity index (χ1n) is 6.80. The second-order valence-electron chi connectivity index (χ2n) is 5.31. The van der Waals surface area contributed by atoms with Crippen molar-refractivity contribution < 1.29 is 22.8 Å². The molecule has 1 aliphatic rings. The predicted octanol–water partition coefficient (Wildman–Crippen LogP) is 1.23. The molecule has 0 saturated heterocycles. The molecule has 9 heteroatoms. The molecule has 0 aromatic carbocycles. The Kier molecular flexibility index (Phi) is 4.17. The summed E-state index contributed by atoms with van der Waals surface area (Å²) in [4.78, 5) is 25.1. The summed E-state index contributed by atoms with van der Waals surface area (Å²) in [5, 5.41) is 6.11. The molecule has 2 rings (SSSR count). The third-order valence-electron chi connectivity index (χ3n) is 3.67. The molecule has 1 N–H and O–H groups in total. The van der Waals surface area contributed by atoms with Gasteiger partial charge in [0.1, 0.15) is 6.04 Å². The van der Waals surface area contributed by atoms with E-state index in [1.165, 1.54) is 11.8 Å². The smallest absolute Gasteiger partial charge is 0.340 e. The minimum Gasteiger partial charge on any atom is -0.340 e. The van der Waals surface area contributed by atoms with Crippen LogP contribution in [0.1, 0.15) is 35.6 Å². The highest BCUT2D eigenvalue weighted by molar-refractivity contribution is 5.96. The van der Waals surface area contributed by atoms with Crippen LogP contribution in [-0.2, 0) is 17.9 Å². The van der Waals surface area contributed by atoms with E-state index in [1.54, 1.807) is 11.6 Å². The Labute approximate surface area is 125 Å². The summed E-state index contributed by atoms with van der Waals surface area (Å²) in [5.74, 6) is -0.978. The normalized spacial score (nSPS) is 16.2. The molecule has 0 spiro atoms. The molecule has 1 aliphatic heterocycles. The van der Waals surface area contributed by atoms with Gasteiger partial charge in [-0.15, -0.1) is 0 Å². The maximum Gasteiger partial charge on any atom is 0.408 e. The van der Waals surface area contributed by atoms with Crippen LogP contribution in [0.3, 0.4) is 0 Å². The molecule has 1 atom stereocenters. The molecule has 0 aliphatic carbocycles. The molecule has 0 unspecified atom stereocenters. The molecular formula is C13H17F3N4O2. The molecular weight excluding hydrogens is 301 g/mol. The first-order chi connectivity index (χ1) is 10.1. The van der Waals surface area contributed by atoms with Crippen LogP contribution in [0.15, 0.2) is 0 Å². The van der Waals surface area contributed by atoms with Crippen molar-refractivity contribution in [2.24, 2.45) is 0 Å². The van der Waals surface area contributed by atoms with Crippen molar-refractivity contribution >= 4 is 11.8 Å². The van der Waals surface area contributed by atoms with E-state index >= 15 is 0 Å². The number of aromatic nitrogens is 2. The van der Waals surface area contributed by atoms with Gasteiger partial charge in [0.15, 0.2) is 0 Å². The van der Waals surface area contributed by atoms with Crippen LogP contribution < -0.4 is 5.32 Å². The summed E-state index contributed by atoms with van der Waals surface area (Å²) in [5.41, 5.74) is 0.931. The Morgan fingerprint density at radius 2 is 1.95 bits per heavy atom. The fourth-order valence-electron chi connectivity index (χ4n) is 2.36. The van der Waals surface area contributed by atoms with Gasteiger partial charge in [-0.1, -0.05) is 0 Å². The number of hydrogen-bond donors (Lipinski definition) is 1. The quantitative estimate of drug-likeness (QED) is 0.892. The fraction of sp³-hybridized carbons (Fsp3) is 0.615. The summed E-state index contributed by atoms with van der Waals surface area (Å²) in [7, 11) is 0. The van der Waals surface area contributed by atoms with Crippen molar-refractivity contribution in [3.8, 4) is 0 Å². The zero-order chi connectivity index (χ0) is 16.7. The average Bonchev–Trinajstić information content (AvgIpc) is 2.72. The van der Waals surface area contributed by atoms with E-state index in [0.29, 0.717) is 24.5 Å². The molecule has 122 valence electrons. The Hall–Kier alpha value is -2.06. The summed E-state index contributed by atoms with van der Waals surface area (Å²) in [6, 6.07) is -1.96. The zero-order valence-electron chi connectivity index (χ0n) is 12.5. The number of nitrogens with zero attached hydrogens (tertiary/aromatic N) is 3. The molecule has 1 aromatic heterocycles. The summed E-state index contributed by atoms with van der Waals surface area (Å²) in [6.45, 7) is 4.90. The first kappa shape index (κ1) is 16.3. The monoisotopic (exact) mass is 318 g/mol. The lowest BCUT2D eigenvalue weighted by Crippen LogP contribution is -2.44. The van der Waals surface area contributed by atoms with Crippen LogP contribution >= 0.6 is 0 Å². The van der Waals surface area contributed by atoms with Gasteiger partial charge in [-0.2, -0.15) is 18.3 Å². The van der Waals surface area contributed by atoms with Gasteiger partial charge in [0, 0.05) is 13.5 Å². The van der Waals surface area contributed by atoms with Gasteiger partial charge in [0.2, 0.25) is 5.91 Å². The summed E-state index contributed by atoms with van der Waals surface area (Å²) < 4.78 is 39.3. The lowest BCUT2D eigenvalue weighted by atomic mass is 10.1. The summed E-state index contributed by atoms with van der Waals surface area (Å²) in [6.07, 6.45) is -4.51. The minimum atomic E-state index is -4.51. The molecule has 22 heavy (non-hydrogen) atoms. The van der Waals surface area contributed by atoms with Crippen LogP contribution in [0.4, 0.5) is 13.2 Å². The van der Waals surface area contributed by atoms with E-state index in [9.17, 15) is 22.8 Å². The number of amides is 2. The molecule has 6 nitrogen and oxygen atoms in total. The zero-order valence-corrected chi connectivity index (χ0v) is 12.5. The van der Waals surface area contributed by atoms with Gasteiger partial charge < -0.3 is 10.2 Å². The second-order valence-corrected chi connectivity index (χ2v) is 5.31. The van der Waals surface area contributed by atoms with Gasteiger partial charge in [-0.3, -0.25) is 14.3 Å². The van der Waals surface area contributed by atoms with Crippen molar-refractivity contribution in [3.05, 3.63) is 17.0 Å². The van der Waals surface area contributed by atoms with Gasteiger partial charge in [0.25, 0.3) is 5.91 Å². The largest absolute Gasteiger partial charge is 0.408 e. The second kappa shape index (κ2) is 5.62. The number of nitrogens with one attached hydrogen (secondary N) is 1. The Morgan fingerprint density at radius 1 is 1.32 bits per heavy atom. The molecule has 1 aromatic rings. The van der Waals surface area contributed by atoms with E-state index in [0.717, 1.165) is 6.92 Å². The van der Waals surface area contributed by atoms with E-state index in [4.69, 9.17) is 0 Å². The fourth-order valence-corrected chi connectivity index (χ4v) is 2.36. The van der Waals surface area contributed by atoms with E-state index in [2.05, 4.69) is 5.10 Å². The topological polar surface area (TPSA) is 67.2 Å². The third-order valence-corrected chi connectivity index (χ3v) is 3.67. The standard InChI is InChI=1S/C13H17F3N4O2/c1-7-11(12(22)17-8(2)13(14,15)16)10-6-19(9(3)21)4-5-20(10)18-7/h8H,4-6H2,1-3H3,(H,17,22)/t8-/m1/s1. The highest BCUT2D eigenvalue weighted by Gasteiger charge is 2.38. The molecule has 2 heterocycles. The molecule has 0 fully saturated rings. The maximum absolute atomic E-state index is 12.6. The Balaban J connectivity index is 2.27. The van der Waals surface area contributed by atoms with Gasteiger partial charge >= 0.3 is 6.18 Å². The van der Waals surface area contributed by atoms with Crippen molar-refractivity contribution in [2.75, 3.05) is 6.54 Å². The predicted molar refractivity (Wildman–Crippen MR) is 71.0 cm³/mol. The Bertz CT molecular complexity index is 609. The number of carbonyl (C=O) groups excluding carboxylic acids is 2. The highest BCUT2D eigenvalue weighted by Crippen LogP contribution is 2.23. The van der Waals surface area contributed by atoms with Crippen LogP contribution in [-0.4, -0.2) is 45.3 Å². The van der Waals surface area contributed by atoms with Crippen LogP contribution in [0.2, 0.25) is 0 Å². The number of fused-ring (bicyclic) bond motifs is 1. The SMILES string of the molecule is CC(=O)N1CCn2nc(C)c(C(=O)N[C@H](C)C(F)(F)F)c2C1. The maximum atomic E-state index is 12.6. The van der Waals surface area contributed by atoms with E-state index in [1.807, 2.05) is 5.32 Å². The number of alkyl halides is 3. The van der Waals surface area contributed by atoms with Crippen molar-refractivity contribution in [1.82, 2.24) is 20.0 Å². The van der Waals surface area contributed by atoms with Crippen LogP contribution in [0.5, 0.6) is 0 Å². The lowest BCUT2D eigenvalue weighted by Gasteiger charge is -2.27. The van der Waals surface area contributed by atoms with Crippen LogP contribution in [0.25, 0.3) is 0 Å². The van der Waals surface area contributed by atoms with E-state index in [-0.39, 0.29) is 18.0 Å². The number of rotatable bonds is 2. The number of halogens is 3. The van der Waals surface area contributed by atoms with Gasteiger partial charge in [-0.05, 0) is 13.8 Å². The number of aryl methyl sites for hydroxylation is 1. The average molecular weight is 318 g/mol. The molecule has 0 radical (unpaired) electrons. The Morgan fingerprint density at radius 3 is 2.50 bits per heavy atom. The van der Waals surface area contributed by atoms with Crippen LogP contribution in [0, 0.1) is 6.92 Å². The van der Waals surface area contributed by atoms with Crippen molar-refractivity contribution in [2.45, 2.75) is 46.1 Å².